The molecule has 0 aromatic heterocycles. The predicted octanol–water partition coefficient (Wildman–Crippen LogP) is 2.89. The molecule has 7 heteroatoms. The van der Waals surface area contributed by atoms with Gasteiger partial charge in [0.25, 0.3) is 11.8 Å². The molecule has 2 aliphatic rings. The van der Waals surface area contributed by atoms with Gasteiger partial charge in [0.1, 0.15) is 5.75 Å². The van der Waals surface area contributed by atoms with Gasteiger partial charge in [-0.3, -0.25) is 14.6 Å². The van der Waals surface area contributed by atoms with Gasteiger partial charge in [-0.25, -0.2) is 4.90 Å². The van der Waals surface area contributed by atoms with E-state index in [1.807, 2.05) is 38.1 Å². The minimum Gasteiger partial charge on any atom is -0.494 e. The van der Waals surface area contributed by atoms with Crippen molar-refractivity contribution in [2.24, 2.45) is 10.3 Å². The zero-order chi connectivity index (χ0) is 19.0. The van der Waals surface area contributed by atoms with Crippen LogP contribution in [0.25, 0.3) is 0 Å². The molecule has 0 unspecified atom stereocenters. The third-order valence-corrected chi connectivity index (χ3v) is 4.69. The fraction of sp³-hybridized carbons (Fsp3) is 0.300. The molecule has 27 heavy (non-hydrogen) atoms. The largest absolute Gasteiger partial charge is 0.494 e. The van der Waals surface area contributed by atoms with Crippen molar-refractivity contribution >= 4 is 17.5 Å². The quantitative estimate of drug-likeness (QED) is 0.765. The number of hydrogen-bond acceptors (Lipinski definition) is 6. The van der Waals surface area contributed by atoms with Crippen molar-refractivity contribution in [3.8, 4) is 5.75 Å². The summed E-state index contributed by atoms with van der Waals surface area (Å²) in [5.74, 6) is 0.0535. The molecule has 7 nitrogen and oxygen atoms in total. The lowest BCUT2D eigenvalue weighted by atomic mass is 10.1. The van der Waals surface area contributed by atoms with Crippen molar-refractivity contribution in [3.05, 3.63) is 59.7 Å². The maximum atomic E-state index is 13.0. The fourth-order valence-electron chi connectivity index (χ4n) is 3.46. The average molecular weight is 364 g/mol. The number of fused-ring (bicyclic) bond motifs is 1. The zero-order valence-electron chi connectivity index (χ0n) is 15.2. The highest BCUT2D eigenvalue weighted by molar-refractivity contribution is 6.25. The summed E-state index contributed by atoms with van der Waals surface area (Å²) in [5.41, 5.74) is 2.67. The Kier molecular flexibility index (Phi) is 4.35. The number of anilines is 1. The van der Waals surface area contributed by atoms with Crippen LogP contribution < -0.4 is 9.64 Å². The molecule has 2 aromatic carbocycles. The standard InChI is InChI=1S/C20H20N4O3/c1-3-27-16-9-7-15(8-10-16)24-19(25)17-18(20(24)26)23(22-21-17)12-14-6-4-5-13(2)11-14/h4-11,17-18H,3,12H2,1-2H3/t17-,18+/m0/s1. The molecule has 0 radical (unpaired) electrons. The monoisotopic (exact) mass is 364 g/mol. The first kappa shape index (κ1) is 17.2. The summed E-state index contributed by atoms with van der Waals surface area (Å²) in [6.45, 7) is 4.90. The predicted molar refractivity (Wildman–Crippen MR) is 99.3 cm³/mol. The molecular weight excluding hydrogens is 344 g/mol. The minimum absolute atomic E-state index is 0.299. The number of amides is 2. The number of ether oxygens (including phenoxy) is 1. The second-order valence-electron chi connectivity index (χ2n) is 6.62. The first-order chi connectivity index (χ1) is 13.1. The summed E-state index contributed by atoms with van der Waals surface area (Å²) >= 11 is 0. The number of carbonyl (C=O) groups is 2. The lowest BCUT2D eigenvalue weighted by Crippen LogP contribution is -2.39. The molecule has 1 saturated heterocycles. The van der Waals surface area contributed by atoms with Crippen molar-refractivity contribution < 1.29 is 14.3 Å². The molecule has 0 spiro atoms. The van der Waals surface area contributed by atoms with Crippen LogP contribution in [-0.2, 0) is 16.1 Å². The van der Waals surface area contributed by atoms with Crippen molar-refractivity contribution in [3.63, 3.8) is 0 Å². The molecule has 4 rings (SSSR count). The third-order valence-electron chi connectivity index (χ3n) is 4.69. The molecule has 0 saturated carbocycles. The SMILES string of the molecule is CCOc1ccc(N2C(=O)[C@H]3N=NN(Cc4cccc(C)c4)[C@H]3C2=O)cc1. The van der Waals surface area contributed by atoms with E-state index in [2.05, 4.69) is 10.3 Å². The van der Waals surface area contributed by atoms with Crippen LogP contribution in [0.15, 0.2) is 58.9 Å². The Morgan fingerprint density at radius 1 is 1.07 bits per heavy atom. The van der Waals surface area contributed by atoms with Gasteiger partial charge in [-0.2, -0.15) is 5.11 Å². The fourth-order valence-corrected chi connectivity index (χ4v) is 3.46. The number of nitrogens with zero attached hydrogens (tertiary/aromatic N) is 4. The van der Waals surface area contributed by atoms with Crippen LogP contribution in [0, 0.1) is 6.92 Å². The van der Waals surface area contributed by atoms with Crippen LogP contribution in [-0.4, -0.2) is 35.5 Å². The number of hydrogen-bond donors (Lipinski definition) is 0. The maximum absolute atomic E-state index is 13.0. The van der Waals surface area contributed by atoms with E-state index in [9.17, 15) is 9.59 Å². The van der Waals surface area contributed by atoms with E-state index < -0.39 is 12.1 Å². The summed E-state index contributed by atoms with van der Waals surface area (Å²) in [6.07, 6.45) is 0. The normalized spacial score (nSPS) is 21.1. The molecule has 2 heterocycles. The molecule has 2 amide bonds. The summed E-state index contributed by atoms with van der Waals surface area (Å²) in [7, 11) is 0. The molecule has 0 bridgehead atoms. The van der Waals surface area contributed by atoms with E-state index in [4.69, 9.17) is 4.74 Å². The number of rotatable bonds is 5. The molecule has 0 aliphatic carbocycles. The minimum atomic E-state index is -0.783. The van der Waals surface area contributed by atoms with E-state index in [0.29, 0.717) is 24.6 Å². The van der Waals surface area contributed by atoms with E-state index in [-0.39, 0.29) is 11.8 Å². The Morgan fingerprint density at radius 3 is 2.56 bits per heavy atom. The van der Waals surface area contributed by atoms with Gasteiger partial charge in [0.05, 0.1) is 18.8 Å². The van der Waals surface area contributed by atoms with Gasteiger partial charge < -0.3 is 4.74 Å². The van der Waals surface area contributed by atoms with Crippen LogP contribution >= 0.6 is 0 Å². The van der Waals surface area contributed by atoms with Crippen LogP contribution in [0.1, 0.15) is 18.1 Å². The second-order valence-corrected chi connectivity index (χ2v) is 6.62. The summed E-state index contributed by atoms with van der Waals surface area (Å²) < 4.78 is 5.41. The summed E-state index contributed by atoms with van der Waals surface area (Å²) in [4.78, 5) is 26.9. The third kappa shape index (κ3) is 3.05. The zero-order valence-corrected chi connectivity index (χ0v) is 15.2. The highest BCUT2D eigenvalue weighted by Crippen LogP contribution is 2.33. The Bertz CT molecular complexity index is 910. The molecule has 0 N–H and O–H groups in total. The first-order valence-corrected chi connectivity index (χ1v) is 8.92. The van der Waals surface area contributed by atoms with E-state index in [1.54, 1.807) is 29.3 Å². The van der Waals surface area contributed by atoms with Gasteiger partial charge in [-0.1, -0.05) is 35.1 Å². The van der Waals surface area contributed by atoms with Crippen molar-refractivity contribution in [1.82, 2.24) is 5.01 Å². The summed E-state index contributed by atoms with van der Waals surface area (Å²) in [5, 5.41) is 9.75. The lowest BCUT2D eigenvalue weighted by molar-refractivity contribution is -0.123. The molecule has 1 fully saturated rings. The van der Waals surface area contributed by atoms with Crippen molar-refractivity contribution in [2.75, 3.05) is 11.5 Å². The Balaban J connectivity index is 1.56. The van der Waals surface area contributed by atoms with Crippen LogP contribution in [0.3, 0.4) is 0 Å². The number of benzene rings is 2. The average Bonchev–Trinajstić information content (AvgIpc) is 3.17. The smallest absolute Gasteiger partial charge is 0.263 e. The molecule has 138 valence electrons. The Labute approximate surface area is 157 Å². The van der Waals surface area contributed by atoms with Gasteiger partial charge in [0.15, 0.2) is 12.1 Å². The molecule has 2 aliphatic heterocycles. The van der Waals surface area contributed by atoms with Crippen molar-refractivity contribution in [2.45, 2.75) is 32.5 Å². The van der Waals surface area contributed by atoms with Gasteiger partial charge >= 0.3 is 0 Å². The Morgan fingerprint density at radius 2 is 1.85 bits per heavy atom. The number of aryl methyl sites for hydroxylation is 1. The second kappa shape index (κ2) is 6.83. The van der Waals surface area contributed by atoms with Gasteiger partial charge in [-0.15, -0.1) is 0 Å². The van der Waals surface area contributed by atoms with Crippen LogP contribution in [0.2, 0.25) is 0 Å². The first-order valence-electron chi connectivity index (χ1n) is 8.92. The Hall–Kier alpha value is -3.22. The number of imide groups is 1. The van der Waals surface area contributed by atoms with Crippen LogP contribution in [0.5, 0.6) is 5.75 Å². The summed E-state index contributed by atoms with van der Waals surface area (Å²) in [6, 6.07) is 13.4. The van der Waals surface area contributed by atoms with Crippen molar-refractivity contribution in [1.29, 1.82) is 0 Å². The highest BCUT2D eigenvalue weighted by Gasteiger charge is 2.54. The topological polar surface area (TPSA) is 74.6 Å². The van der Waals surface area contributed by atoms with Gasteiger partial charge in [0.2, 0.25) is 0 Å². The molecule has 2 atom stereocenters. The van der Waals surface area contributed by atoms with E-state index in [0.717, 1.165) is 11.1 Å². The van der Waals surface area contributed by atoms with Gasteiger partial charge in [-0.05, 0) is 43.7 Å². The van der Waals surface area contributed by atoms with E-state index >= 15 is 0 Å². The lowest BCUT2D eigenvalue weighted by Gasteiger charge is -2.21. The number of carbonyl (C=O) groups excluding carboxylic acids is 2. The van der Waals surface area contributed by atoms with Crippen LogP contribution in [0.4, 0.5) is 5.69 Å². The molecule has 2 aromatic rings. The van der Waals surface area contributed by atoms with Gasteiger partial charge in [0, 0.05) is 0 Å². The highest BCUT2D eigenvalue weighted by atomic mass is 16.5. The van der Waals surface area contributed by atoms with E-state index in [1.165, 1.54) is 4.90 Å². The molecular formula is C20H20N4O3. The maximum Gasteiger partial charge on any atom is 0.263 e.